The van der Waals surface area contributed by atoms with E-state index in [0.717, 1.165) is 25.7 Å². The zero-order valence-corrected chi connectivity index (χ0v) is 24.4. The van der Waals surface area contributed by atoms with E-state index in [-0.39, 0.29) is 12.0 Å². The number of aromatic nitrogens is 2. The third kappa shape index (κ3) is 9.33. The molecule has 39 heavy (non-hydrogen) atoms. The van der Waals surface area contributed by atoms with Crippen molar-refractivity contribution < 1.29 is 27.2 Å². The second-order valence-electron chi connectivity index (χ2n) is 10.3. The SMILES string of the molecule is Cc1cn(CCCCCCCCCC(F)(F)P(=O)(OC(C)C)OC(C)C)c(=O)n(C(=O)c2ccccc2)c1=O. The Balaban J connectivity index is 1.81. The third-order valence-corrected chi connectivity index (χ3v) is 8.45. The summed E-state index contributed by atoms with van der Waals surface area (Å²) < 4.78 is 54.3. The molecule has 2 rings (SSSR count). The first kappa shape index (κ1) is 32.8. The molecule has 0 aliphatic rings. The average molecular weight is 571 g/mol. The highest BCUT2D eigenvalue weighted by atomic mass is 31.2. The molecule has 11 heteroatoms. The first-order valence-corrected chi connectivity index (χ1v) is 15.1. The van der Waals surface area contributed by atoms with E-state index in [2.05, 4.69) is 0 Å². The molecule has 0 N–H and O–H groups in total. The van der Waals surface area contributed by atoms with Crippen LogP contribution in [0.15, 0.2) is 46.1 Å². The van der Waals surface area contributed by atoms with Crippen LogP contribution in [0, 0.1) is 6.92 Å². The van der Waals surface area contributed by atoms with Gasteiger partial charge in [-0.3, -0.25) is 18.7 Å². The summed E-state index contributed by atoms with van der Waals surface area (Å²) >= 11 is 0. The van der Waals surface area contributed by atoms with Crippen LogP contribution < -0.4 is 11.2 Å². The molecule has 218 valence electrons. The van der Waals surface area contributed by atoms with Gasteiger partial charge in [0, 0.05) is 30.3 Å². The van der Waals surface area contributed by atoms with Crippen molar-refractivity contribution in [2.24, 2.45) is 0 Å². The molecule has 8 nitrogen and oxygen atoms in total. The molecule has 1 aromatic heterocycles. The molecular weight excluding hydrogens is 529 g/mol. The summed E-state index contributed by atoms with van der Waals surface area (Å²) in [5.74, 6) is -0.656. The van der Waals surface area contributed by atoms with E-state index in [4.69, 9.17) is 9.05 Å². The van der Waals surface area contributed by atoms with Crippen LogP contribution in [0.4, 0.5) is 8.78 Å². The van der Waals surface area contributed by atoms with Gasteiger partial charge in [0.25, 0.3) is 11.5 Å². The molecule has 0 aliphatic carbocycles. The van der Waals surface area contributed by atoms with E-state index in [0.29, 0.717) is 29.5 Å². The van der Waals surface area contributed by atoms with Gasteiger partial charge < -0.3 is 9.05 Å². The van der Waals surface area contributed by atoms with Crippen LogP contribution in [0.2, 0.25) is 0 Å². The highest BCUT2D eigenvalue weighted by molar-refractivity contribution is 7.55. The lowest BCUT2D eigenvalue weighted by molar-refractivity contribution is 0.0122. The fraction of sp³-hybridized carbons (Fsp3) is 0.607. The van der Waals surface area contributed by atoms with Gasteiger partial charge in [-0.05, 0) is 59.6 Å². The largest absolute Gasteiger partial charge is 0.400 e. The van der Waals surface area contributed by atoms with Crippen molar-refractivity contribution in [2.45, 2.75) is 110 Å². The van der Waals surface area contributed by atoms with Crippen LogP contribution in [0.3, 0.4) is 0 Å². The van der Waals surface area contributed by atoms with Crippen LogP contribution in [-0.2, 0) is 20.2 Å². The molecule has 0 aliphatic heterocycles. The number of carbonyl (C=O) groups excluding carboxylic acids is 1. The third-order valence-electron chi connectivity index (χ3n) is 6.03. The second kappa shape index (κ2) is 14.8. The van der Waals surface area contributed by atoms with Crippen molar-refractivity contribution >= 4 is 13.5 Å². The number of alkyl halides is 2. The lowest BCUT2D eigenvalue weighted by Crippen LogP contribution is -2.44. The van der Waals surface area contributed by atoms with E-state index in [9.17, 15) is 27.7 Å². The molecule has 0 bridgehead atoms. The predicted molar refractivity (Wildman–Crippen MR) is 148 cm³/mol. The van der Waals surface area contributed by atoms with Crippen LogP contribution in [-0.4, -0.2) is 32.9 Å². The Labute approximate surface area is 228 Å². The van der Waals surface area contributed by atoms with Gasteiger partial charge in [-0.2, -0.15) is 13.3 Å². The highest BCUT2D eigenvalue weighted by Crippen LogP contribution is 2.65. The number of nitrogens with zero attached hydrogens (tertiary/aromatic N) is 2. The molecule has 0 radical (unpaired) electrons. The number of hydrogen-bond donors (Lipinski definition) is 0. The van der Waals surface area contributed by atoms with Crippen LogP contribution in [0.1, 0.15) is 95.0 Å². The van der Waals surface area contributed by atoms with E-state index in [1.54, 1.807) is 65.0 Å². The average Bonchev–Trinajstić information content (AvgIpc) is 2.85. The van der Waals surface area contributed by atoms with Crippen molar-refractivity contribution in [1.29, 1.82) is 0 Å². The van der Waals surface area contributed by atoms with Crippen molar-refractivity contribution in [3.63, 3.8) is 0 Å². The smallest absolute Gasteiger partial charge is 0.302 e. The molecule has 0 spiro atoms. The number of unbranched alkanes of at least 4 members (excludes halogenated alkanes) is 6. The number of halogens is 2. The Hall–Kier alpha value is -2.42. The van der Waals surface area contributed by atoms with E-state index in [1.807, 2.05) is 0 Å². The summed E-state index contributed by atoms with van der Waals surface area (Å²) in [6.45, 7) is 8.11. The number of rotatable bonds is 16. The van der Waals surface area contributed by atoms with Gasteiger partial charge in [0.15, 0.2) is 0 Å². The fourth-order valence-corrected chi connectivity index (χ4v) is 6.06. The Kier molecular flexibility index (Phi) is 12.5. The molecule has 0 saturated heterocycles. The predicted octanol–water partition coefficient (Wildman–Crippen LogP) is 6.76. The van der Waals surface area contributed by atoms with E-state index in [1.165, 1.54) is 10.8 Å². The molecule has 0 saturated carbocycles. The van der Waals surface area contributed by atoms with Gasteiger partial charge in [-0.25, -0.2) is 4.79 Å². The van der Waals surface area contributed by atoms with Gasteiger partial charge in [0.2, 0.25) is 0 Å². The zero-order chi connectivity index (χ0) is 29.2. The maximum absolute atomic E-state index is 14.7. The summed E-state index contributed by atoms with van der Waals surface area (Å²) in [6, 6.07) is 8.19. The number of hydrogen-bond acceptors (Lipinski definition) is 6. The van der Waals surface area contributed by atoms with Gasteiger partial charge >= 0.3 is 18.9 Å². The lowest BCUT2D eigenvalue weighted by atomic mass is 10.1. The minimum atomic E-state index is -4.58. The molecule has 1 heterocycles. The quantitative estimate of drug-likeness (QED) is 0.163. The second-order valence-corrected chi connectivity index (χ2v) is 12.4. The van der Waals surface area contributed by atoms with E-state index < -0.39 is 49.0 Å². The zero-order valence-electron chi connectivity index (χ0n) is 23.5. The normalized spacial score (nSPS) is 12.4. The Morgan fingerprint density at radius 3 is 1.95 bits per heavy atom. The maximum Gasteiger partial charge on any atom is 0.400 e. The van der Waals surface area contributed by atoms with Gasteiger partial charge in [-0.1, -0.05) is 50.3 Å². The van der Waals surface area contributed by atoms with Gasteiger partial charge in [0.05, 0.1) is 12.2 Å². The van der Waals surface area contributed by atoms with Gasteiger partial charge in [-0.15, -0.1) is 0 Å². The molecular formula is C28H41F2N2O6P. The standard InChI is InChI=1S/C28H41F2N2O6P/c1-21(2)37-39(36,38-22(3)4)28(29,30)18-14-9-7-6-8-10-15-19-31-20-23(5)25(33)32(27(31)35)26(34)24-16-12-11-13-17-24/h11-13,16-17,20-22H,6-10,14-15,18-19H2,1-5H3. The first-order valence-electron chi connectivity index (χ1n) is 13.6. The lowest BCUT2D eigenvalue weighted by Gasteiger charge is -2.29. The Morgan fingerprint density at radius 2 is 1.41 bits per heavy atom. The Morgan fingerprint density at radius 1 is 0.897 bits per heavy atom. The summed E-state index contributed by atoms with van der Waals surface area (Å²) in [5, 5.41) is 0. The number of benzene rings is 1. The maximum atomic E-state index is 14.7. The molecule has 0 atom stereocenters. The number of carbonyl (C=O) groups is 1. The monoisotopic (exact) mass is 570 g/mol. The molecule has 2 aromatic rings. The van der Waals surface area contributed by atoms with Crippen molar-refractivity contribution in [1.82, 2.24) is 9.13 Å². The fourth-order valence-electron chi connectivity index (χ4n) is 4.16. The summed E-state index contributed by atoms with van der Waals surface area (Å²) in [6.07, 6.45) is 4.26. The first-order chi connectivity index (χ1) is 18.3. The molecule has 0 amide bonds. The minimum Gasteiger partial charge on any atom is -0.302 e. The summed E-state index contributed by atoms with van der Waals surface area (Å²) in [7, 11) is -4.58. The number of aryl methyl sites for hydroxylation is 2. The highest BCUT2D eigenvalue weighted by Gasteiger charge is 2.53. The van der Waals surface area contributed by atoms with Crippen LogP contribution >= 0.6 is 7.60 Å². The van der Waals surface area contributed by atoms with Crippen LogP contribution in [0.25, 0.3) is 0 Å². The summed E-state index contributed by atoms with van der Waals surface area (Å²) in [4.78, 5) is 38.2. The van der Waals surface area contributed by atoms with Crippen molar-refractivity contribution in [3.8, 4) is 0 Å². The molecule has 1 aromatic carbocycles. The topological polar surface area (TPSA) is 96.6 Å². The van der Waals surface area contributed by atoms with E-state index >= 15 is 0 Å². The summed E-state index contributed by atoms with van der Waals surface area (Å²) in [5.41, 5.74) is -4.28. The van der Waals surface area contributed by atoms with Crippen LogP contribution in [0.5, 0.6) is 0 Å². The molecule has 0 unspecified atom stereocenters. The van der Waals surface area contributed by atoms with Crippen molar-refractivity contribution in [2.75, 3.05) is 0 Å². The van der Waals surface area contributed by atoms with Gasteiger partial charge in [0.1, 0.15) is 0 Å². The van der Waals surface area contributed by atoms with Crippen molar-refractivity contribution in [3.05, 3.63) is 68.5 Å². The minimum absolute atomic E-state index is 0.200. The Bertz CT molecular complexity index is 1230. The molecule has 0 fully saturated rings.